The molecule has 0 unspecified atom stereocenters. The molecule has 3 aromatic carbocycles. The van der Waals surface area contributed by atoms with Crippen LogP contribution in [0, 0.1) is 5.82 Å². The third-order valence-corrected chi connectivity index (χ3v) is 5.78. The number of amides is 2. The number of para-hydroxylation sites is 1. The van der Waals surface area contributed by atoms with Crippen LogP contribution in [0.1, 0.15) is 27.5 Å². The number of rotatable bonds is 4. The lowest BCUT2D eigenvalue weighted by molar-refractivity contribution is -0.117. The van der Waals surface area contributed by atoms with E-state index in [0.29, 0.717) is 22.6 Å². The lowest BCUT2D eigenvalue weighted by Gasteiger charge is -2.31. The van der Waals surface area contributed by atoms with Crippen molar-refractivity contribution in [3.05, 3.63) is 87.6 Å². The minimum atomic E-state index is -0.648. The largest absolute Gasteiger partial charge is 0.493 e. The van der Waals surface area contributed by atoms with Crippen LogP contribution in [0.4, 0.5) is 10.1 Å². The molecule has 0 fully saturated rings. The topological polar surface area (TPSA) is 67.9 Å². The number of carbonyl (C=O) groups excluding carboxylic acids is 2. The summed E-state index contributed by atoms with van der Waals surface area (Å²) in [5, 5.41) is 2.86. The van der Waals surface area contributed by atoms with E-state index in [4.69, 9.17) is 9.47 Å². The molecule has 8 heteroatoms. The summed E-state index contributed by atoms with van der Waals surface area (Å²) in [7, 11) is 2.94. The minimum absolute atomic E-state index is 0.201. The normalized spacial score (nSPS) is 15.4. The van der Waals surface area contributed by atoms with Gasteiger partial charge >= 0.3 is 0 Å². The first-order valence-electron chi connectivity index (χ1n) is 9.79. The summed E-state index contributed by atoms with van der Waals surface area (Å²) >= 11 is 3.47. The van der Waals surface area contributed by atoms with Crippen LogP contribution >= 0.6 is 15.9 Å². The fraction of sp³-hybridized carbons (Fsp3) is 0.167. The smallest absolute Gasteiger partial charge is 0.259 e. The zero-order valence-electron chi connectivity index (χ0n) is 17.4. The van der Waals surface area contributed by atoms with E-state index < -0.39 is 17.8 Å². The average Bonchev–Trinajstić information content (AvgIpc) is 2.94. The number of benzene rings is 3. The van der Waals surface area contributed by atoms with E-state index in [9.17, 15) is 14.0 Å². The number of methoxy groups -OCH3 is 2. The predicted octanol–water partition coefficient (Wildman–Crippen LogP) is 4.79. The second-order valence-electron chi connectivity index (χ2n) is 7.21. The zero-order valence-corrected chi connectivity index (χ0v) is 19.0. The molecule has 6 nitrogen and oxygen atoms in total. The molecule has 0 spiro atoms. The van der Waals surface area contributed by atoms with Crippen molar-refractivity contribution in [1.29, 1.82) is 0 Å². The van der Waals surface area contributed by atoms with Crippen molar-refractivity contribution >= 4 is 33.4 Å². The highest BCUT2D eigenvalue weighted by Gasteiger charge is 2.35. The summed E-state index contributed by atoms with van der Waals surface area (Å²) in [5.74, 6) is -0.471. The van der Waals surface area contributed by atoms with Crippen molar-refractivity contribution in [2.75, 3.05) is 26.1 Å². The van der Waals surface area contributed by atoms with E-state index >= 15 is 0 Å². The number of hydrogen-bond donors (Lipinski definition) is 1. The molecule has 1 N–H and O–H groups in total. The highest BCUT2D eigenvalue weighted by molar-refractivity contribution is 9.10. The highest BCUT2D eigenvalue weighted by atomic mass is 79.9. The molecular formula is C24H20BrFN2O4. The Morgan fingerprint density at radius 3 is 2.53 bits per heavy atom. The number of anilines is 1. The Morgan fingerprint density at radius 1 is 1.09 bits per heavy atom. The highest BCUT2D eigenvalue weighted by Crippen LogP contribution is 2.40. The average molecular weight is 499 g/mol. The number of nitrogens with one attached hydrogen (secondary N) is 1. The summed E-state index contributed by atoms with van der Waals surface area (Å²) in [5.41, 5.74) is 2.20. The quantitative estimate of drug-likeness (QED) is 0.561. The van der Waals surface area contributed by atoms with E-state index in [0.717, 1.165) is 4.47 Å². The van der Waals surface area contributed by atoms with Crippen LogP contribution in [-0.2, 0) is 4.79 Å². The van der Waals surface area contributed by atoms with E-state index in [1.807, 2.05) is 12.1 Å². The first kappa shape index (κ1) is 21.8. The standard InChI is InChI=1S/C24H20BrFN2O4/c1-31-20-5-3-4-17(23(20)32-2)24(30)28-13-21(29)27-19-11-8-15(25)12-18(19)22(28)14-6-9-16(26)10-7-14/h3-12,22H,13H2,1-2H3,(H,27,29)/t22-/m0/s1. The number of carbonyl (C=O) groups is 2. The maximum absolute atomic E-state index is 13.8. The molecule has 1 heterocycles. The molecule has 0 aromatic heterocycles. The molecule has 1 aliphatic heterocycles. The lowest BCUT2D eigenvalue weighted by Crippen LogP contribution is -2.39. The molecule has 0 bridgehead atoms. The number of ether oxygens (including phenoxy) is 2. The number of hydrogen-bond acceptors (Lipinski definition) is 4. The van der Waals surface area contributed by atoms with Gasteiger partial charge in [0.2, 0.25) is 5.91 Å². The third-order valence-electron chi connectivity index (χ3n) is 5.29. The van der Waals surface area contributed by atoms with Crippen LogP contribution in [0.2, 0.25) is 0 Å². The van der Waals surface area contributed by atoms with Gasteiger partial charge in [0.1, 0.15) is 12.4 Å². The molecule has 1 aliphatic rings. The van der Waals surface area contributed by atoms with E-state index in [2.05, 4.69) is 21.2 Å². The molecule has 4 rings (SSSR count). The molecule has 2 amide bonds. The van der Waals surface area contributed by atoms with Crippen LogP contribution in [0.25, 0.3) is 0 Å². The van der Waals surface area contributed by atoms with Crippen molar-refractivity contribution in [3.8, 4) is 11.5 Å². The maximum Gasteiger partial charge on any atom is 0.259 e. The van der Waals surface area contributed by atoms with E-state index in [1.54, 1.807) is 36.4 Å². The van der Waals surface area contributed by atoms with Crippen molar-refractivity contribution in [3.63, 3.8) is 0 Å². The minimum Gasteiger partial charge on any atom is -0.493 e. The zero-order chi connectivity index (χ0) is 22.8. The van der Waals surface area contributed by atoms with Gasteiger partial charge in [-0.2, -0.15) is 0 Å². The second kappa shape index (κ2) is 9.00. The summed E-state index contributed by atoms with van der Waals surface area (Å²) in [6.45, 7) is -0.201. The molecule has 0 saturated heterocycles. The fourth-order valence-corrected chi connectivity index (χ4v) is 4.26. The van der Waals surface area contributed by atoms with Gasteiger partial charge in [-0.3, -0.25) is 9.59 Å². The van der Waals surface area contributed by atoms with Crippen LogP contribution in [-0.4, -0.2) is 37.5 Å². The number of nitrogens with zero attached hydrogens (tertiary/aromatic N) is 1. The molecular weight excluding hydrogens is 479 g/mol. The van der Waals surface area contributed by atoms with Crippen LogP contribution in [0.15, 0.2) is 65.1 Å². The van der Waals surface area contributed by atoms with Gasteiger partial charge in [0, 0.05) is 15.7 Å². The van der Waals surface area contributed by atoms with Gasteiger partial charge < -0.3 is 19.7 Å². The SMILES string of the molecule is COc1cccc(C(=O)N2CC(=O)Nc3ccc(Br)cc3[C@@H]2c2ccc(F)cc2)c1OC. The molecule has 0 aliphatic carbocycles. The van der Waals surface area contributed by atoms with Crippen molar-refractivity contribution < 1.29 is 23.5 Å². The van der Waals surface area contributed by atoms with Gasteiger partial charge in [-0.1, -0.05) is 34.1 Å². The Hall–Kier alpha value is -3.39. The summed E-state index contributed by atoms with van der Waals surface area (Å²) < 4.78 is 25.2. The van der Waals surface area contributed by atoms with Crippen LogP contribution in [0.3, 0.4) is 0 Å². The maximum atomic E-state index is 13.8. The predicted molar refractivity (Wildman–Crippen MR) is 122 cm³/mol. The molecule has 3 aromatic rings. The van der Waals surface area contributed by atoms with Gasteiger partial charge in [0.25, 0.3) is 5.91 Å². The molecule has 0 radical (unpaired) electrons. The lowest BCUT2D eigenvalue weighted by atomic mass is 9.95. The Bertz CT molecular complexity index is 1180. The summed E-state index contributed by atoms with van der Waals surface area (Å²) in [6.07, 6.45) is 0. The molecule has 0 saturated carbocycles. The van der Waals surface area contributed by atoms with Gasteiger partial charge in [0.15, 0.2) is 11.5 Å². The Balaban J connectivity index is 1.91. The number of fused-ring (bicyclic) bond motifs is 1. The van der Waals surface area contributed by atoms with Gasteiger partial charge in [-0.15, -0.1) is 0 Å². The van der Waals surface area contributed by atoms with Crippen molar-refractivity contribution in [2.45, 2.75) is 6.04 Å². The van der Waals surface area contributed by atoms with Crippen LogP contribution in [0.5, 0.6) is 11.5 Å². The fourth-order valence-electron chi connectivity index (χ4n) is 3.88. The summed E-state index contributed by atoms with van der Waals surface area (Å²) in [6, 6.07) is 15.7. The Labute approximate surface area is 193 Å². The van der Waals surface area contributed by atoms with Gasteiger partial charge in [0.05, 0.1) is 25.8 Å². The van der Waals surface area contributed by atoms with Gasteiger partial charge in [-0.25, -0.2) is 4.39 Å². The molecule has 1 atom stereocenters. The van der Waals surface area contributed by atoms with E-state index in [-0.39, 0.29) is 23.8 Å². The Kier molecular flexibility index (Phi) is 6.14. The van der Waals surface area contributed by atoms with Gasteiger partial charge in [-0.05, 0) is 48.0 Å². The Morgan fingerprint density at radius 2 is 1.84 bits per heavy atom. The summed E-state index contributed by atoms with van der Waals surface area (Å²) in [4.78, 5) is 28.0. The second-order valence-corrected chi connectivity index (χ2v) is 8.12. The van der Waals surface area contributed by atoms with Crippen molar-refractivity contribution in [1.82, 2.24) is 4.90 Å². The van der Waals surface area contributed by atoms with Crippen molar-refractivity contribution in [2.24, 2.45) is 0 Å². The third kappa shape index (κ3) is 4.05. The van der Waals surface area contributed by atoms with Crippen LogP contribution < -0.4 is 14.8 Å². The molecule has 164 valence electrons. The first-order valence-corrected chi connectivity index (χ1v) is 10.6. The number of halogens is 2. The van der Waals surface area contributed by atoms with E-state index in [1.165, 1.54) is 31.3 Å². The molecule has 32 heavy (non-hydrogen) atoms. The monoisotopic (exact) mass is 498 g/mol. The first-order chi connectivity index (χ1) is 15.4.